The molecule has 0 unspecified atom stereocenters. The van der Waals surface area contributed by atoms with E-state index < -0.39 is 0 Å². The number of thiazole rings is 1. The number of rotatable bonds is 5. The standard InChI is InChI=1S/C14H14N4O2S/c1-19-11-5-3-2-4-9(11)6-12-17-14(20-18-12)10-8-21-13(7-15)16-10/h2-5,8H,6-7,15H2,1H3. The number of benzene rings is 1. The summed E-state index contributed by atoms with van der Waals surface area (Å²) in [5, 5.41) is 6.70. The third-order valence-electron chi connectivity index (χ3n) is 2.95. The molecule has 3 rings (SSSR count). The van der Waals surface area contributed by atoms with Gasteiger partial charge in [-0.1, -0.05) is 23.4 Å². The Hall–Kier alpha value is -2.25. The third-order valence-corrected chi connectivity index (χ3v) is 3.83. The Morgan fingerprint density at radius 2 is 2.14 bits per heavy atom. The van der Waals surface area contributed by atoms with Crippen molar-refractivity contribution in [3.05, 3.63) is 46.0 Å². The topological polar surface area (TPSA) is 87.1 Å². The Balaban J connectivity index is 1.82. The largest absolute Gasteiger partial charge is 0.496 e. The number of hydrogen-bond donors (Lipinski definition) is 1. The van der Waals surface area contributed by atoms with E-state index in [1.165, 1.54) is 11.3 Å². The first-order valence-electron chi connectivity index (χ1n) is 6.39. The average Bonchev–Trinajstić information content (AvgIpc) is 3.16. The molecule has 1 aromatic carbocycles. The molecule has 0 saturated heterocycles. The molecule has 0 spiro atoms. The second-order valence-corrected chi connectivity index (χ2v) is 5.28. The zero-order chi connectivity index (χ0) is 14.7. The number of para-hydroxylation sites is 1. The van der Waals surface area contributed by atoms with Crippen molar-refractivity contribution >= 4 is 11.3 Å². The van der Waals surface area contributed by atoms with E-state index in [-0.39, 0.29) is 0 Å². The molecule has 0 aliphatic rings. The lowest BCUT2D eigenvalue weighted by molar-refractivity contribution is 0.408. The molecule has 0 atom stereocenters. The van der Waals surface area contributed by atoms with Crippen molar-refractivity contribution in [1.29, 1.82) is 0 Å². The van der Waals surface area contributed by atoms with Crippen LogP contribution in [0, 0.1) is 0 Å². The minimum Gasteiger partial charge on any atom is -0.496 e. The molecule has 21 heavy (non-hydrogen) atoms. The summed E-state index contributed by atoms with van der Waals surface area (Å²) in [4.78, 5) is 8.69. The van der Waals surface area contributed by atoms with Gasteiger partial charge in [-0.3, -0.25) is 0 Å². The van der Waals surface area contributed by atoms with Crippen molar-refractivity contribution in [3.63, 3.8) is 0 Å². The lowest BCUT2D eigenvalue weighted by Crippen LogP contribution is -1.95. The molecular formula is C14H14N4O2S. The van der Waals surface area contributed by atoms with Gasteiger partial charge in [-0.2, -0.15) is 4.98 Å². The Kier molecular flexibility index (Phi) is 3.94. The summed E-state index contributed by atoms with van der Waals surface area (Å²) in [5.74, 6) is 1.82. The number of nitrogens with zero attached hydrogens (tertiary/aromatic N) is 3. The van der Waals surface area contributed by atoms with Crippen LogP contribution in [-0.4, -0.2) is 22.2 Å². The molecule has 0 saturated carbocycles. The number of ether oxygens (including phenoxy) is 1. The molecule has 0 aliphatic carbocycles. The zero-order valence-electron chi connectivity index (χ0n) is 11.4. The molecule has 0 amide bonds. The van der Waals surface area contributed by atoms with Gasteiger partial charge < -0.3 is 15.0 Å². The van der Waals surface area contributed by atoms with Gasteiger partial charge in [-0.25, -0.2) is 4.98 Å². The third kappa shape index (κ3) is 2.93. The fraction of sp³-hybridized carbons (Fsp3) is 0.214. The maximum absolute atomic E-state index is 5.55. The van der Waals surface area contributed by atoms with Crippen molar-refractivity contribution in [2.24, 2.45) is 5.73 Å². The highest BCUT2D eigenvalue weighted by atomic mass is 32.1. The van der Waals surface area contributed by atoms with Gasteiger partial charge in [0.1, 0.15) is 16.5 Å². The van der Waals surface area contributed by atoms with Crippen LogP contribution < -0.4 is 10.5 Å². The molecule has 108 valence electrons. The zero-order valence-corrected chi connectivity index (χ0v) is 12.3. The highest BCUT2D eigenvalue weighted by Gasteiger charge is 2.13. The highest BCUT2D eigenvalue weighted by molar-refractivity contribution is 7.09. The number of aromatic nitrogens is 3. The second kappa shape index (κ2) is 6.02. The van der Waals surface area contributed by atoms with E-state index in [0.717, 1.165) is 16.3 Å². The van der Waals surface area contributed by atoms with Gasteiger partial charge >= 0.3 is 0 Å². The van der Waals surface area contributed by atoms with Gasteiger partial charge in [0.05, 0.1) is 7.11 Å². The van der Waals surface area contributed by atoms with Crippen LogP contribution >= 0.6 is 11.3 Å². The number of nitrogens with two attached hydrogens (primary N) is 1. The number of methoxy groups -OCH3 is 1. The van der Waals surface area contributed by atoms with Gasteiger partial charge in [-0.15, -0.1) is 11.3 Å². The minimum atomic E-state index is 0.410. The first-order chi connectivity index (χ1) is 10.3. The predicted octanol–water partition coefficient (Wildman–Crippen LogP) is 2.25. The van der Waals surface area contributed by atoms with E-state index in [4.69, 9.17) is 15.0 Å². The summed E-state index contributed by atoms with van der Waals surface area (Å²) in [6.07, 6.45) is 0.543. The van der Waals surface area contributed by atoms with E-state index in [9.17, 15) is 0 Å². The lowest BCUT2D eigenvalue weighted by atomic mass is 10.1. The van der Waals surface area contributed by atoms with Crippen molar-refractivity contribution in [2.75, 3.05) is 7.11 Å². The fourth-order valence-electron chi connectivity index (χ4n) is 1.95. The Bertz CT molecular complexity index is 738. The summed E-state index contributed by atoms with van der Waals surface area (Å²) in [7, 11) is 1.64. The minimum absolute atomic E-state index is 0.410. The van der Waals surface area contributed by atoms with Crippen LogP contribution in [0.15, 0.2) is 34.2 Å². The van der Waals surface area contributed by atoms with Crippen molar-refractivity contribution < 1.29 is 9.26 Å². The van der Waals surface area contributed by atoms with Crippen LogP contribution in [0.5, 0.6) is 5.75 Å². The summed E-state index contributed by atoms with van der Waals surface area (Å²) in [6.45, 7) is 0.410. The van der Waals surface area contributed by atoms with E-state index in [1.54, 1.807) is 7.11 Å². The van der Waals surface area contributed by atoms with Gasteiger partial charge in [0, 0.05) is 23.9 Å². The Labute approximate surface area is 125 Å². The molecule has 2 aromatic heterocycles. The smallest absolute Gasteiger partial charge is 0.277 e. The fourth-order valence-corrected chi connectivity index (χ4v) is 2.60. The molecule has 3 aromatic rings. The second-order valence-electron chi connectivity index (χ2n) is 4.33. The molecule has 2 N–H and O–H groups in total. The predicted molar refractivity (Wildman–Crippen MR) is 79.1 cm³/mol. The Morgan fingerprint density at radius 3 is 2.90 bits per heavy atom. The normalized spacial score (nSPS) is 10.8. The highest BCUT2D eigenvalue weighted by Crippen LogP contribution is 2.23. The molecule has 0 fully saturated rings. The van der Waals surface area contributed by atoms with Gasteiger partial charge in [0.25, 0.3) is 5.89 Å². The molecule has 7 heteroatoms. The van der Waals surface area contributed by atoms with E-state index >= 15 is 0 Å². The van der Waals surface area contributed by atoms with E-state index in [1.807, 2.05) is 29.6 Å². The molecule has 6 nitrogen and oxygen atoms in total. The summed E-state index contributed by atoms with van der Waals surface area (Å²) in [6, 6.07) is 7.76. The Morgan fingerprint density at radius 1 is 1.29 bits per heavy atom. The first kappa shape index (κ1) is 13.7. The number of hydrogen-bond acceptors (Lipinski definition) is 7. The van der Waals surface area contributed by atoms with Gasteiger partial charge in [-0.05, 0) is 6.07 Å². The van der Waals surface area contributed by atoms with E-state index in [2.05, 4.69) is 15.1 Å². The van der Waals surface area contributed by atoms with Crippen LogP contribution in [0.2, 0.25) is 0 Å². The van der Waals surface area contributed by atoms with Crippen LogP contribution in [0.3, 0.4) is 0 Å². The van der Waals surface area contributed by atoms with Gasteiger partial charge in [0.2, 0.25) is 0 Å². The van der Waals surface area contributed by atoms with Crippen LogP contribution in [-0.2, 0) is 13.0 Å². The van der Waals surface area contributed by atoms with Crippen LogP contribution in [0.4, 0.5) is 0 Å². The maximum atomic E-state index is 5.55. The molecule has 0 radical (unpaired) electrons. The van der Waals surface area contributed by atoms with Crippen molar-refractivity contribution in [2.45, 2.75) is 13.0 Å². The quantitative estimate of drug-likeness (QED) is 0.778. The van der Waals surface area contributed by atoms with Crippen LogP contribution in [0.25, 0.3) is 11.6 Å². The average molecular weight is 302 g/mol. The lowest BCUT2D eigenvalue weighted by Gasteiger charge is -2.04. The monoisotopic (exact) mass is 302 g/mol. The maximum Gasteiger partial charge on any atom is 0.277 e. The van der Waals surface area contributed by atoms with Gasteiger partial charge in [0.15, 0.2) is 5.82 Å². The summed E-state index contributed by atoms with van der Waals surface area (Å²) in [5.41, 5.74) is 7.22. The van der Waals surface area contributed by atoms with Crippen molar-refractivity contribution in [3.8, 4) is 17.3 Å². The van der Waals surface area contributed by atoms with E-state index in [0.29, 0.717) is 30.4 Å². The first-order valence-corrected chi connectivity index (χ1v) is 7.27. The molecule has 0 bridgehead atoms. The summed E-state index contributed by atoms with van der Waals surface area (Å²) < 4.78 is 10.6. The van der Waals surface area contributed by atoms with Crippen molar-refractivity contribution in [1.82, 2.24) is 15.1 Å². The molecular weight excluding hydrogens is 288 g/mol. The summed E-state index contributed by atoms with van der Waals surface area (Å²) >= 11 is 1.48. The molecule has 0 aliphatic heterocycles. The van der Waals surface area contributed by atoms with Crippen LogP contribution in [0.1, 0.15) is 16.4 Å². The molecule has 2 heterocycles. The SMILES string of the molecule is COc1ccccc1Cc1noc(-c2csc(CN)n2)n1.